The van der Waals surface area contributed by atoms with Crippen molar-refractivity contribution in [1.82, 2.24) is 5.32 Å². The molecule has 1 N–H and O–H groups in total. The third kappa shape index (κ3) is 2.63. The summed E-state index contributed by atoms with van der Waals surface area (Å²) >= 11 is 0. The normalized spacial score (nSPS) is 20.8. The fourth-order valence-electron chi connectivity index (χ4n) is 2.73. The largest absolute Gasteiger partial charge is 0.485 e. The highest BCUT2D eigenvalue weighted by Crippen LogP contribution is 2.41. The van der Waals surface area contributed by atoms with Crippen LogP contribution in [0.25, 0.3) is 0 Å². The average Bonchev–Trinajstić information content (AvgIpc) is 2.49. The molecule has 3 rings (SSSR count). The Hall–Kier alpha value is -1.94. The van der Waals surface area contributed by atoms with Gasteiger partial charge in [0.15, 0.2) is 0 Å². The molecule has 0 aliphatic carbocycles. The van der Waals surface area contributed by atoms with Gasteiger partial charge in [0.1, 0.15) is 23.5 Å². The molecule has 0 bridgehead atoms. The van der Waals surface area contributed by atoms with E-state index in [2.05, 4.69) is 5.32 Å². The van der Waals surface area contributed by atoms with Crippen molar-refractivity contribution in [2.24, 2.45) is 0 Å². The van der Waals surface area contributed by atoms with E-state index in [-0.39, 0.29) is 23.8 Å². The van der Waals surface area contributed by atoms with Gasteiger partial charge in [-0.15, -0.1) is 0 Å². The summed E-state index contributed by atoms with van der Waals surface area (Å²) in [4.78, 5) is 0. The maximum Gasteiger partial charge on any atom is 0.126 e. The molecule has 2 unspecified atom stereocenters. The minimum atomic E-state index is -0.280. The maximum absolute atomic E-state index is 13.7. The second-order valence-electron chi connectivity index (χ2n) is 5.37. The van der Waals surface area contributed by atoms with Crippen LogP contribution in [0.15, 0.2) is 36.4 Å². The number of benzene rings is 2. The number of rotatable bonds is 2. The average molecular weight is 289 g/mol. The molecule has 0 saturated heterocycles. The minimum Gasteiger partial charge on any atom is -0.485 e. The Kier molecular flexibility index (Phi) is 3.64. The van der Waals surface area contributed by atoms with E-state index < -0.39 is 0 Å². The molecule has 2 aromatic carbocycles. The van der Waals surface area contributed by atoms with E-state index in [0.29, 0.717) is 17.7 Å². The second-order valence-corrected chi connectivity index (χ2v) is 5.37. The highest BCUT2D eigenvalue weighted by atomic mass is 19.1. The molecule has 0 fully saturated rings. The summed E-state index contributed by atoms with van der Waals surface area (Å²) in [5, 5.41) is 3.17. The highest BCUT2D eigenvalue weighted by molar-refractivity contribution is 5.40. The molecule has 2 nitrogen and oxygen atoms in total. The Morgan fingerprint density at radius 2 is 1.95 bits per heavy atom. The fourth-order valence-corrected chi connectivity index (χ4v) is 2.73. The van der Waals surface area contributed by atoms with Crippen LogP contribution in [0.3, 0.4) is 0 Å². The Bertz CT molecular complexity index is 672. The molecular formula is C17H17F2NO. The topological polar surface area (TPSA) is 21.3 Å². The van der Waals surface area contributed by atoms with Gasteiger partial charge in [-0.25, -0.2) is 8.78 Å². The van der Waals surface area contributed by atoms with Crippen molar-refractivity contribution in [3.63, 3.8) is 0 Å². The van der Waals surface area contributed by atoms with E-state index in [1.165, 1.54) is 18.2 Å². The van der Waals surface area contributed by atoms with Gasteiger partial charge in [-0.05, 0) is 49.4 Å². The van der Waals surface area contributed by atoms with Crippen molar-refractivity contribution in [1.29, 1.82) is 0 Å². The van der Waals surface area contributed by atoms with Crippen LogP contribution in [0, 0.1) is 18.6 Å². The molecule has 0 radical (unpaired) electrons. The van der Waals surface area contributed by atoms with Crippen molar-refractivity contribution in [3.8, 4) is 5.75 Å². The molecule has 21 heavy (non-hydrogen) atoms. The number of hydrogen-bond acceptors (Lipinski definition) is 2. The van der Waals surface area contributed by atoms with Gasteiger partial charge in [0.2, 0.25) is 0 Å². The minimum absolute atomic E-state index is 0.0150. The molecule has 1 heterocycles. The van der Waals surface area contributed by atoms with Crippen LogP contribution in [-0.2, 0) is 0 Å². The van der Waals surface area contributed by atoms with E-state index in [9.17, 15) is 8.78 Å². The van der Waals surface area contributed by atoms with E-state index in [1.807, 2.05) is 13.1 Å². The van der Waals surface area contributed by atoms with Crippen molar-refractivity contribution < 1.29 is 13.5 Å². The van der Waals surface area contributed by atoms with E-state index in [4.69, 9.17) is 4.74 Å². The zero-order chi connectivity index (χ0) is 15.0. The summed E-state index contributed by atoms with van der Waals surface area (Å²) in [7, 11) is 1.83. The van der Waals surface area contributed by atoms with Crippen LogP contribution in [-0.4, -0.2) is 7.05 Å². The molecule has 1 aliphatic rings. The number of ether oxygens (including phenoxy) is 1. The summed E-state index contributed by atoms with van der Waals surface area (Å²) in [6, 6.07) is 9.63. The predicted molar refractivity (Wildman–Crippen MR) is 77.3 cm³/mol. The molecule has 2 aromatic rings. The highest BCUT2D eigenvalue weighted by Gasteiger charge is 2.29. The summed E-state index contributed by atoms with van der Waals surface area (Å²) < 4.78 is 33.1. The van der Waals surface area contributed by atoms with Gasteiger partial charge in [0.05, 0.1) is 0 Å². The SMILES string of the molecule is CNC1CC(c2ccc(C)c(F)c2)Oc2ccc(F)cc21. The molecule has 110 valence electrons. The molecule has 0 aromatic heterocycles. The van der Waals surface area contributed by atoms with Crippen LogP contribution < -0.4 is 10.1 Å². The molecule has 1 aliphatic heterocycles. The first-order valence-electron chi connectivity index (χ1n) is 6.98. The zero-order valence-electron chi connectivity index (χ0n) is 12.0. The summed E-state index contributed by atoms with van der Waals surface area (Å²) in [6.45, 7) is 1.73. The molecular weight excluding hydrogens is 272 g/mol. The first-order chi connectivity index (χ1) is 10.1. The van der Waals surface area contributed by atoms with E-state index in [1.54, 1.807) is 19.1 Å². The lowest BCUT2D eigenvalue weighted by molar-refractivity contribution is 0.153. The van der Waals surface area contributed by atoms with Crippen molar-refractivity contribution >= 4 is 0 Å². The number of fused-ring (bicyclic) bond motifs is 1. The third-order valence-electron chi connectivity index (χ3n) is 3.98. The number of hydrogen-bond donors (Lipinski definition) is 1. The predicted octanol–water partition coefficient (Wildman–Crippen LogP) is 4.06. The Morgan fingerprint density at radius 1 is 1.14 bits per heavy atom. The first-order valence-corrected chi connectivity index (χ1v) is 6.98. The van der Waals surface area contributed by atoms with Gasteiger partial charge in [0, 0.05) is 18.0 Å². The van der Waals surface area contributed by atoms with E-state index >= 15 is 0 Å². The Balaban J connectivity index is 1.96. The van der Waals surface area contributed by atoms with Crippen LogP contribution in [0.2, 0.25) is 0 Å². The van der Waals surface area contributed by atoms with Gasteiger partial charge in [0.25, 0.3) is 0 Å². The maximum atomic E-state index is 13.7. The number of nitrogens with one attached hydrogen (secondary N) is 1. The van der Waals surface area contributed by atoms with Crippen LogP contribution >= 0.6 is 0 Å². The summed E-state index contributed by atoms with van der Waals surface area (Å²) in [6.07, 6.45) is 0.394. The zero-order valence-corrected chi connectivity index (χ0v) is 12.0. The second kappa shape index (κ2) is 5.45. The van der Waals surface area contributed by atoms with Gasteiger partial charge in [-0.1, -0.05) is 12.1 Å². The first kappa shape index (κ1) is 14.0. The standard InChI is InChI=1S/C17H17F2NO/c1-10-3-4-11(7-14(10)19)17-9-15(20-2)13-8-12(18)5-6-16(13)21-17/h3-8,15,17,20H,9H2,1-2H3. The van der Waals surface area contributed by atoms with Crippen LogP contribution in [0.4, 0.5) is 8.78 Å². The molecule has 2 atom stereocenters. The Morgan fingerprint density at radius 3 is 2.67 bits per heavy atom. The number of aryl methyl sites for hydroxylation is 1. The summed E-state index contributed by atoms with van der Waals surface area (Å²) in [5.41, 5.74) is 2.22. The molecule has 0 amide bonds. The van der Waals surface area contributed by atoms with Crippen LogP contribution in [0.1, 0.15) is 35.3 Å². The van der Waals surface area contributed by atoms with E-state index in [0.717, 1.165) is 11.1 Å². The molecule has 0 spiro atoms. The van der Waals surface area contributed by atoms with Crippen molar-refractivity contribution in [2.75, 3.05) is 7.05 Å². The molecule has 0 saturated carbocycles. The molecule has 4 heteroatoms. The van der Waals surface area contributed by atoms with Crippen molar-refractivity contribution in [2.45, 2.75) is 25.5 Å². The lowest BCUT2D eigenvalue weighted by Crippen LogP contribution is -2.27. The van der Waals surface area contributed by atoms with Crippen molar-refractivity contribution in [3.05, 3.63) is 64.7 Å². The lowest BCUT2D eigenvalue weighted by atomic mass is 9.92. The monoisotopic (exact) mass is 289 g/mol. The van der Waals surface area contributed by atoms with Crippen LogP contribution in [0.5, 0.6) is 5.75 Å². The summed E-state index contributed by atoms with van der Waals surface area (Å²) in [5.74, 6) is 0.132. The van der Waals surface area contributed by atoms with Gasteiger partial charge >= 0.3 is 0 Å². The fraction of sp³-hybridized carbons (Fsp3) is 0.294. The smallest absolute Gasteiger partial charge is 0.126 e. The quantitative estimate of drug-likeness (QED) is 0.900. The van der Waals surface area contributed by atoms with Gasteiger partial charge in [-0.3, -0.25) is 0 Å². The third-order valence-corrected chi connectivity index (χ3v) is 3.98. The Labute approximate surface area is 122 Å². The number of halogens is 2. The lowest BCUT2D eigenvalue weighted by Gasteiger charge is -2.32. The van der Waals surface area contributed by atoms with Gasteiger partial charge in [-0.2, -0.15) is 0 Å². The van der Waals surface area contributed by atoms with Gasteiger partial charge < -0.3 is 10.1 Å².